The quantitative estimate of drug-likeness (QED) is 0.522. The van der Waals surface area contributed by atoms with Gasteiger partial charge < -0.3 is 24.3 Å². The van der Waals surface area contributed by atoms with Crippen LogP contribution in [0.15, 0.2) is 48.5 Å². The first kappa shape index (κ1) is 28.0. The maximum Gasteiger partial charge on any atom is 0.416 e. The van der Waals surface area contributed by atoms with Crippen LogP contribution in [0.5, 0.6) is 0 Å². The first-order valence-electron chi connectivity index (χ1n) is 12.5. The van der Waals surface area contributed by atoms with E-state index in [1.54, 1.807) is 45.0 Å². The highest BCUT2D eigenvalue weighted by Gasteiger charge is 2.58. The maximum atomic E-state index is 13.4. The third-order valence-electron chi connectivity index (χ3n) is 6.76. The molecule has 38 heavy (non-hydrogen) atoms. The number of carbonyl (C=O) groups excluding carboxylic acids is 1. The molecule has 4 atom stereocenters. The highest BCUT2D eigenvalue weighted by atomic mass is 19.4. The molecule has 2 aliphatic rings. The number of nitriles is 1. The largest absolute Gasteiger partial charge is 0.416 e. The van der Waals surface area contributed by atoms with Crippen molar-refractivity contribution in [1.29, 1.82) is 5.26 Å². The minimum absolute atomic E-state index is 0.0904. The van der Waals surface area contributed by atoms with E-state index in [1.165, 1.54) is 12.1 Å². The molecule has 10 heteroatoms. The number of hydrogen-bond donors (Lipinski definition) is 1. The summed E-state index contributed by atoms with van der Waals surface area (Å²) in [5.74, 6) is -1.33. The second-order valence-corrected chi connectivity index (χ2v) is 10.0. The highest BCUT2D eigenvalue weighted by Crippen LogP contribution is 2.44. The first-order chi connectivity index (χ1) is 18.0. The molecular weight excluding hydrogens is 501 g/mol. The van der Waals surface area contributed by atoms with Crippen LogP contribution >= 0.6 is 0 Å². The van der Waals surface area contributed by atoms with Gasteiger partial charge >= 0.3 is 6.18 Å². The molecule has 2 aromatic rings. The molecule has 2 fully saturated rings. The molecule has 4 rings (SSSR count). The Bertz CT molecular complexity index is 1200. The van der Waals surface area contributed by atoms with E-state index in [0.29, 0.717) is 17.7 Å². The lowest BCUT2D eigenvalue weighted by atomic mass is 9.78. The van der Waals surface area contributed by atoms with Crippen molar-refractivity contribution in [2.75, 3.05) is 6.54 Å². The van der Waals surface area contributed by atoms with E-state index in [-0.39, 0.29) is 31.6 Å². The summed E-state index contributed by atoms with van der Waals surface area (Å²) < 4.78 is 64.4. The van der Waals surface area contributed by atoms with E-state index in [1.807, 2.05) is 0 Å². The zero-order valence-corrected chi connectivity index (χ0v) is 21.5. The molecule has 1 aliphatic carbocycles. The fraction of sp³-hybridized carbons (Fsp3) is 0.500. The monoisotopic (exact) mass is 532 g/mol. The number of nitrogens with one attached hydrogen (secondary N) is 1. The molecular formula is C28H31F3N2O5. The predicted molar refractivity (Wildman–Crippen MR) is 130 cm³/mol. The molecule has 1 saturated heterocycles. The van der Waals surface area contributed by atoms with Gasteiger partial charge in [-0.2, -0.15) is 18.4 Å². The molecule has 0 bridgehead atoms. The van der Waals surface area contributed by atoms with Gasteiger partial charge in [0.15, 0.2) is 11.4 Å². The number of nitrogens with zero attached hydrogens (tertiary/aromatic N) is 1. The Balaban J connectivity index is 1.62. The number of amides is 1. The molecule has 2 aromatic carbocycles. The summed E-state index contributed by atoms with van der Waals surface area (Å²) in [6.45, 7) is 5.53. The third kappa shape index (κ3) is 6.18. The van der Waals surface area contributed by atoms with E-state index in [9.17, 15) is 23.2 Å². The molecule has 1 aliphatic heterocycles. The number of alkyl halides is 3. The Kier molecular flexibility index (Phi) is 8.14. The topological polar surface area (TPSA) is 89.8 Å². The molecule has 1 unspecified atom stereocenters. The van der Waals surface area contributed by atoms with Gasteiger partial charge in [-0.25, -0.2) is 0 Å². The zero-order valence-electron chi connectivity index (χ0n) is 21.5. The minimum atomic E-state index is -4.50. The summed E-state index contributed by atoms with van der Waals surface area (Å²) in [6, 6.07) is 14.0. The van der Waals surface area contributed by atoms with Gasteiger partial charge in [-0.1, -0.05) is 30.3 Å². The summed E-state index contributed by atoms with van der Waals surface area (Å²) in [4.78, 5) is 13.4. The van der Waals surface area contributed by atoms with Gasteiger partial charge in [0.1, 0.15) is 6.10 Å². The van der Waals surface area contributed by atoms with E-state index in [2.05, 4.69) is 11.4 Å². The minimum Gasteiger partial charge on any atom is -0.371 e. The Hall–Kier alpha value is -2.97. The van der Waals surface area contributed by atoms with Gasteiger partial charge in [0.25, 0.3) is 5.91 Å². The van der Waals surface area contributed by atoms with Crippen LogP contribution in [0, 0.1) is 11.3 Å². The Morgan fingerprint density at radius 2 is 1.89 bits per heavy atom. The molecule has 204 valence electrons. The molecule has 0 radical (unpaired) electrons. The number of likely N-dealkylation sites (N-methyl/N-ethyl adjacent to an activating group) is 1. The van der Waals surface area contributed by atoms with Crippen LogP contribution in [0.1, 0.15) is 55.9 Å². The second kappa shape index (κ2) is 11.0. The van der Waals surface area contributed by atoms with Crippen LogP contribution in [0.2, 0.25) is 0 Å². The van der Waals surface area contributed by atoms with Gasteiger partial charge in [-0.3, -0.25) is 4.79 Å². The van der Waals surface area contributed by atoms with Crippen LogP contribution in [0.3, 0.4) is 0 Å². The SMILES string of the molecule is CCNC(=O)[C@@]1(OCc2cccc(C(F)(F)F)c2)CC(OCc2ccccc2C#N)[C@@H]2OC(C)(C)O[C@@H]2C1. The van der Waals surface area contributed by atoms with Gasteiger partial charge in [-0.05, 0) is 50.1 Å². The number of rotatable bonds is 8. The number of ether oxygens (including phenoxy) is 4. The van der Waals surface area contributed by atoms with Crippen molar-refractivity contribution in [2.24, 2.45) is 0 Å². The van der Waals surface area contributed by atoms with E-state index >= 15 is 0 Å². The van der Waals surface area contributed by atoms with Crippen LogP contribution < -0.4 is 5.32 Å². The molecule has 1 saturated carbocycles. The summed E-state index contributed by atoms with van der Waals surface area (Å²) in [7, 11) is 0. The highest BCUT2D eigenvalue weighted by molar-refractivity contribution is 5.85. The zero-order chi connectivity index (χ0) is 27.6. The lowest BCUT2D eigenvalue weighted by Crippen LogP contribution is -2.60. The fourth-order valence-corrected chi connectivity index (χ4v) is 5.04. The first-order valence-corrected chi connectivity index (χ1v) is 12.5. The number of hydrogen-bond acceptors (Lipinski definition) is 6. The van der Waals surface area contributed by atoms with Crippen molar-refractivity contribution in [3.05, 3.63) is 70.8 Å². The molecule has 0 spiro atoms. The lowest BCUT2D eigenvalue weighted by molar-refractivity contribution is -0.183. The van der Waals surface area contributed by atoms with Crippen molar-refractivity contribution >= 4 is 5.91 Å². The molecule has 7 nitrogen and oxygen atoms in total. The average molecular weight is 533 g/mol. The van der Waals surface area contributed by atoms with Crippen LogP contribution in [-0.4, -0.2) is 42.2 Å². The summed E-state index contributed by atoms with van der Waals surface area (Å²) >= 11 is 0. The molecule has 0 aromatic heterocycles. The number of halogens is 3. The number of fused-ring (bicyclic) bond motifs is 1. The van der Waals surface area contributed by atoms with Crippen molar-refractivity contribution in [2.45, 2.75) is 82.7 Å². The summed E-state index contributed by atoms with van der Waals surface area (Å²) in [5.41, 5.74) is -0.784. The standard InChI is InChI=1S/C28H31F3N2O5/c1-4-33-25(34)27(36-16-18-8-7-11-21(12-18)28(29,30)31)13-22(24-23(14-27)37-26(2,3)38-24)35-17-20-10-6-5-9-19(20)15-32/h5-12,22-24H,4,13-14,16-17H2,1-3H3,(H,33,34)/t22?,23-,24+,27-/m1/s1. The van der Waals surface area contributed by atoms with Gasteiger partial charge in [0.2, 0.25) is 0 Å². The predicted octanol–water partition coefficient (Wildman–Crippen LogP) is 4.87. The molecule has 1 heterocycles. The van der Waals surface area contributed by atoms with Crippen molar-refractivity contribution in [3.63, 3.8) is 0 Å². The van der Waals surface area contributed by atoms with E-state index in [0.717, 1.165) is 12.1 Å². The Labute approximate surface area is 219 Å². The third-order valence-corrected chi connectivity index (χ3v) is 6.76. The maximum absolute atomic E-state index is 13.4. The van der Waals surface area contributed by atoms with Crippen molar-refractivity contribution in [3.8, 4) is 6.07 Å². The number of benzene rings is 2. The van der Waals surface area contributed by atoms with Crippen molar-refractivity contribution < 1.29 is 36.9 Å². The lowest BCUT2D eigenvalue weighted by Gasteiger charge is -2.43. The van der Waals surface area contributed by atoms with E-state index in [4.69, 9.17) is 18.9 Å². The van der Waals surface area contributed by atoms with Gasteiger partial charge in [0, 0.05) is 19.4 Å². The van der Waals surface area contributed by atoms with Crippen LogP contribution in [-0.2, 0) is 43.1 Å². The normalized spacial score (nSPS) is 26.4. The van der Waals surface area contributed by atoms with Gasteiger partial charge in [-0.15, -0.1) is 0 Å². The Morgan fingerprint density at radius 3 is 2.61 bits per heavy atom. The number of carbonyl (C=O) groups is 1. The van der Waals surface area contributed by atoms with Crippen LogP contribution in [0.25, 0.3) is 0 Å². The summed E-state index contributed by atoms with van der Waals surface area (Å²) in [5, 5.41) is 12.2. The van der Waals surface area contributed by atoms with Crippen LogP contribution in [0.4, 0.5) is 13.2 Å². The van der Waals surface area contributed by atoms with E-state index < -0.39 is 47.3 Å². The Morgan fingerprint density at radius 1 is 1.13 bits per heavy atom. The van der Waals surface area contributed by atoms with Gasteiger partial charge in [0.05, 0.1) is 42.6 Å². The smallest absolute Gasteiger partial charge is 0.371 e. The average Bonchev–Trinajstić information content (AvgIpc) is 3.19. The summed E-state index contributed by atoms with van der Waals surface area (Å²) in [6.07, 6.45) is -5.97. The molecule has 1 amide bonds. The fourth-order valence-electron chi connectivity index (χ4n) is 5.04. The second-order valence-electron chi connectivity index (χ2n) is 10.0. The van der Waals surface area contributed by atoms with Crippen molar-refractivity contribution in [1.82, 2.24) is 5.32 Å². The molecule has 1 N–H and O–H groups in total.